The van der Waals surface area contributed by atoms with Crippen molar-refractivity contribution >= 4 is 22.0 Å². The Morgan fingerprint density at radius 3 is 2.80 bits per heavy atom. The van der Waals surface area contributed by atoms with Crippen LogP contribution in [0.25, 0.3) is 0 Å². The highest BCUT2D eigenvalue weighted by Gasteiger charge is 2.30. The van der Waals surface area contributed by atoms with E-state index in [2.05, 4.69) is 9.98 Å². The van der Waals surface area contributed by atoms with Crippen LogP contribution < -0.4 is 0 Å². The normalized spacial score (nSPS) is 17.9. The molecule has 5 nitrogen and oxygen atoms in total. The van der Waals surface area contributed by atoms with E-state index in [0.717, 1.165) is 0 Å². The van der Waals surface area contributed by atoms with Gasteiger partial charge in [0.2, 0.25) is 0 Å². The van der Waals surface area contributed by atoms with Crippen LogP contribution in [0.15, 0.2) is 28.3 Å². The lowest BCUT2D eigenvalue weighted by Gasteiger charge is -2.26. The molecule has 0 fully saturated rings. The molecule has 2 heterocycles. The molecule has 0 saturated carbocycles. The molecule has 0 atom stereocenters. The molecular weight excluding hydrogens is 214 g/mol. The van der Waals surface area contributed by atoms with Crippen LogP contribution in [0, 0.1) is 0 Å². The van der Waals surface area contributed by atoms with Gasteiger partial charge in [-0.25, -0.2) is 13.4 Å². The van der Waals surface area contributed by atoms with E-state index in [1.807, 2.05) is 0 Å². The maximum atomic E-state index is 12.0. The van der Waals surface area contributed by atoms with E-state index in [1.54, 1.807) is 19.9 Å². The molecule has 0 aliphatic carbocycles. The first-order valence-corrected chi connectivity index (χ1v) is 5.99. The standard InChI is InChI=1S/C9H11N3O2S/c1-7(2)12-6-11-8-3-4-10-5-9(8)15(12,13)14/h3-7H,1-2H3. The van der Waals surface area contributed by atoms with Crippen LogP contribution in [0.4, 0.5) is 5.69 Å². The largest absolute Gasteiger partial charge is 0.268 e. The average molecular weight is 225 g/mol. The van der Waals surface area contributed by atoms with Crippen LogP contribution in [-0.4, -0.2) is 30.1 Å². The fourth-order valence-corrected chi connectivity index (χ4v) is 2.92. The van der Waals surface area contributed by atoms with Gasteiger partial charge >= 0.3 is 0 Å². The number of hydrogen-bond donors (Lipinski definition) is 0. The van der Waals surface area contributed by atoms with E-state index in [4.69, 9.17) is 0 Å². The summed E-state index contributed by atoms with van der Waals surface area (Å²) in [7, 11) is -3.46. The maximum absolute atomic E-state index is 12.0. The smallest absolute Gasteiger partial charge is 0.263 e. The van der Waals surface area contributed by atoms with E-state index in [9.17, 15) is 8.42 Å². The van der Waals surface area contributed by atoms with E-state index in [0.29, 0.717) is 5.69 Å². The minimum atomic E-state index is -3.46. The first kappa shape index (κ1) is 10.1. The predicted molar refractivity (Wildman–Crippen MR) is 56.5 cm³/mol. The number of rotatable bonds is 1. The van der Waals surface area contributed by atoms with Gasteiger partial charge in [-0.3, -0.25) is 9.29 Å². The van der Waals surface area contributed by atoms with Crippen molar-refractivity contribution in [3.63, 3.8) is 0 Å². The lowest BCUT2D eigenvalue weighted by atomic mass is 10.4. The van der Waals surface area contributed by atoms with Crippen molar-refractivity contribution in [2.75, 3.05) is 0 Å². The number of nitrogens with zero attached hydrogens (tertiary/aromatic N) is 3. The summed E-state index contributed by atoms with van der Waals surface area (Å²) >= 11 is 0. The molecule has 0 saturated heterocycles. The van der Waals surface area contributed by atoms with Crippen molar-refractivity contribution in [2.24, 2.45) is 4.99 Å². The summed E-state index contributed by atoms with van der Waals surface area (Å²) in [6.07, 6.45) is 4.20. The van der Waals surface area contributed by atoms with Crippen molar-refractivity contribution in [1.82, 2.24) is 9.29 Å². The second-order valence-electron chi connectivity index (χ2n) is 3.52. The topological polar surface area (TPSA) is 62.6 Å². The Balaban J connectivity index is 2.63. The lowest BCUT2D eigenvalue weighted by molar-refractivity contribution is 0.475. The molecule has 0 N–H and O–H groups in total. The van der Waals surface area contributed by atoms with Gasteiger partial charge < -0.3 is 0 Å². The summed E-state index contributed by atoms with van der Waals surface area (Å²) in [5.41, 5.74) is 0.446. The fraction of sp³-hybridized carbons (Fsp3) is 0.333. The molecular formula is C9H11N3O2S. The molecule has 0 bridgehead atoms. The van der Waals surface area contributed by atoms with Crippen molar-refractivity contribution in [3.05, 3.63) is 18.5 Å². The maximum Gasteiger partial charge on any atom is 0.268 e. The van der Waals surface area contributed by atoms with Gasteiger partial charge in [0.25, 0.3) is 10.0 Å². The van der Waals surface area contributed by atoms with Gasteiger partial charge in [-0.1, -0.05) is 0 Å². The van der Waals surface area contributed by atoms with E-state index in [-0.39, 0.29) is 10.9 Å². The van der Waals surface area contributed by atoms with Gasteiger partial charge in [-0.05, 0) is 19.9 Å². The van der Waals surface area contributed by atoms with Gasteiger partial charge in [-0.2, -0.15) is 0 Å². The molecule has 0 amide bonds. The zero-order chi connectivity index (χ0) is 11.1. The Hall–Kier alpha value is -1.43. The number of pyridine rings is 1. The number of aromatic nitrogens is 1. The monoisotopic (exact) mass is 225 g/mol. The van der Waals surface area contributed by atoms with Gasteiger partial charge in [0.15, 0.2) is 0 Å². The highest BCUT2D eigenvalue weighted by molar-refractivity contribution is 7.89. The molecule has 2 rings (SSSR count). The van der Waals surface area contributed by atoms with Gasteiger partial charge in [0.1, 0.15) is 11.2 Å². The summed E-state index contributed by atoms with van der Waals surface area (Å²) in [5.74, 6) is 0. The van der Waals surface area contributed by atoms with Crippen molar-refractivity contribution in [2.45, 2.75) is 24.8 Å². The molecule has 0 aromatic carbocycles. The molecule has 1 aliphatic rings. The van der Waals surface area contributed by atoms with Gasteiger partial charge in [0.05, 0.1) is 5.69 Å². The number of sulfonamides is 1. The van der Waals surface area contributed by atoms with Crippen molar-refractivity contribution in [1.29, 1.82) is 0 Å². The highest BCUT2D eigenvalue weighted by Crippen LogP contribution is 2.29. The Labute approximate surface area is 88.5 Å². The lowest BCUT2D eigenvalue weighted by Crippen LogP contribution is -2.37. The summed E-state index contributed by atoms with van der Waals surface area (Å²) in [5, 5.41) is 0. The molecule has 15 heavy (non-hydrogen) atoms. The second kappa shape index (κ2) is 3.30. The fourth-order valence-electron chi connectivity index (χ4n) is 1.38. The second-order valence-corrected chi connectivity index (χ2v) is 5.33. The molecule has 0 radical (unpaired) electrons. The first-order chi connectivity index (χ1) is 7.03. The third kappa shape index (κ3) is 1.50. The quantitative estimate of drug-likeness (QED) is 0.720. The van der Waals surface area contributed by atoms with Crippen molar-refractivity contribution < 1.29 is 8.42 Å². The SMILES string of the molecule is CC(C)N1C=Nc2ccncc2S1(=O)=O. The minimum absolute atomic E-state index is 0.146. The Morgan fingerprint density at radius 2 is 2.13 bits per heavy atom. The van der Waals surface area contributed by atoms with E-state index < -0.39 is 10.0 Å². The molecule has 1 aromatic rings. The Morgan fingerprint density at radius 1 is 1.40 bits per heavy atom. The molecule has 1 aliphatic heterocycles. The van der Waals surface area contributed by atoms with Crippen LogP contribution >= 0.6 is 0 Å². The van der Waals surface area contributed by atoms with E-state index >= 15 is 0 Å². The Kier molecular flexibility index (Phi) is 2.22. The Bertz CT molecular complexity index is 508. The molecule has 0 spiro atoms. The highest BCUT2D eigenvalue weighted by atomic mass is 32.2. The minimum Gasteiger partial charge on any atom is -0.263 e. The zero-order valence-electron chi connectivity index (χ0n) is 8.45. The number of fused-ring (bicyclic) bond motifs is 1. The third-order valence-electron chi connectivity index (χ3n) is 2.14. The van der Waals surface area contributed by atoms with Crippen LogP contribution in [0.1, 0.15) is 13.8 Å². The number of aliphatic imine (C=N–C) groups is 1. The van der Waals surface area contributed by atoms with Crippen LogP contribution in [-0.2, 0) is 10.0 Å². The van der Waals surface area contributed by atoms with Crippen LogP contribution in [0.2, 0.25) is 0 Å². The summed E-state index contributed by atoms with van der Waals surface area (Å²) in [6, 6.07) is 1.44. The zero-order valence-corrected chi connectivity index (χ0v) is 9.27. The average Bonchev–Trinajstić information content (AvgIpc) is 2.17. The van der Waals surface area contributed by atoms with E-state index in [1.165, 1.54) is 23.0 Å². The molecule has 6 heteroatoms. The number of hydrogen-bond acceptors (Lipinski definition) is 4. The van der Waals surface area contributed by atoms with Crippen molar-refractivity contribution in [3.8, 4) is 0 Å². The molecule has 1 aromatic heterocycles. The summed E-state index contributed by atoms with van der Waals surface area (Å²) < 4.78 is 25.3. The van der Waals surface area contributed by atoms with Crippen LogP contribution in [0.5, 0.6) is 0 Å². The van der Waals surface area contributed by atoms with Gasteiger partial charge in [0, 0.05) is 18.4 Å². The van der Waals surface area contributed by atoms with Gasteiger partial charge in [-0.15, -0.1) is 0 Å². The molecule has 0 unspecified atom stereocenters. The molecule has 80 valence electrons. The third-order valence-corrected chi connectivity index (χ3v) is 4.08. The predicted octanol–water partition coefficient (Wildman–Crippen LogP) is 1.15. The first-order valence-electron chi connectivity index (χ1n) is 4.55. The summed E-state index contributed by atoms with van der Waals surface area (Å²) in [4.78, 5) is 8.05. The van der Waals surface area contributed by atoms with Crippen LogP contribution in [0.3, 0.4) is 0 Å². The summed E-state index contributed by atoms with van der Waals surface area (Å²) in [6.45, 7) is 3.59.